The number of benzene rings is 2. The van der Waals surface area contributed by atoms with Gasteiger partial charge in [-0.2, -0.15) is 8.99 Å². The van der Waals surface area contributed by atoms with Crippen LogP contribution in [-0.2, 0) is 10.0 Å². The topological polar surface area (TPSA) is 127 Å². The highest BCUT2D eigenvalue weighted by Gasteiger charge is 2.27. The van der Waals surface area contributed by atoms with Crippen LogP contribution in [-0.4, -0.2) is 94.9 Å². The maximum absolute atomic E-state index is 13.2. The molecule has 13 heteroatoms. The van der Waals surface area contributed by atoms with Gasteiger partial charge in [0.15, 0.2) is 17.0 Å². The van der Waals surface area contributed by atoms with Crippen molar-refractivity contribution in [1.82, 2.24) is 34.2 Å². The molecular formula is C26H30N8O4S. The minimum absolute atomic E-state index is 0.141. The summed E-state index contributed by atoms with van der Waals surface area (Å²) in [6, 6.07) is 13.6. The quantitative estimate of drug-likeness (QED) is 0.324. The SMILES string of the molecule is CCN(CC)S(=O)(=O)c1ccc(C(=O)N2CCN(c3ncnc4c3nnn4-c3cccc(OC)c3)CC2)cc1. The normalized spacial score (nSPS) is 14.3. The van der Waals surface area contributed by atoms with Gasteiger partial charge in [0.25, 0.3) is 5.91 Å². The molecule has 1 fully saturated rings. The fraction of sp³-hybridized carbons (Fsp3) is 0.346. The highest BCUT2D eigenvalue weighted by molar-refractivity contribution is 7.89. The average molecular weight is 551 g/mol. The van der Waals surface area contributed by atoms with Crippen LogP contribution in [0.4, 0.5) is 5.82 Å². The van der Waals surface area contributed by atoms with Crippen LogP contribution in [0.2, 0.25) is 0 Å². The molecule has 5 rings (SSSR count). The summed E-state index contributed by atoms with van der Waals surface area (Å²) in [5, 5.41) is 8.65. The molecule has 0 aliphatic carbocycles. The average Bonchev–Trinajstić information content (AvgIpc) is 3.42. The van der Waals surface area contributed by atoms with Crippen LogP contribution in [0.5, 0.6) is 5.75 Å². The van der Waals surface area contributed by atoms with Crippen LogP contribution >= 0.6 is 0 Å². The minimum atomic E-state index is -3.57. The number of nitrogens with zero attached hydrogens (tertiary/aromatic N) is 8. The van der Waals surface area contributed by atoms with Crippen molar-refractivity contribution in [2.75, 3.05) is 51.3 Å². The van der Waals surface area contributed by atoms with Crippen molar-refractivity contribution in [3.05, 3.63) is 60.4 Å². The van der Waals surface area contributed by atoms with Crippen molar-refractivity contribution in [3.63, 3.8) is 0 Å². The number of hydrogen-bond donors (Lipinski definition) is 0. The fourth-order valence-corrected chi connectivity index (χ4v) is 6.13. The van der Waals surface area contributed by atoms with Crippen LogP contribution in [0.1, 0.15) is 24.2 Å². The van der Waals surface area contributed by atoms with Crippen LogP contribution in [0.25, 0.3) is 16.9 Å². The van der Waals surface area contributed by atoms with E-state index in [0.29, 0.717) is 67.6 Å². The van der Waals surface area contributed by atoms with Gasteiger partial charge >= 0.3 is 0 Å². The number of anilines is 1. The largest absolute Gasteiger partial charge is 0.497 e. The first-order chi connectivity index (χ1) is 18.9. The molecule has 1 aliphatic heterocycles. The standard InChI is InChI=1S/C26H30N8O4S/c1-4-33(5-2)39(36,37)22-11-9-19(10-12-22)26(35)32-15-13-31(14-16-32)24-23-25(28-18-27-24)34(30-29-23)20-7-6-8-21(17-20)38-3/h6-12,17-18H,4-5,13-16H2,1-3H3. The Bertz CT molecular complexity index is 1580. The zero-order valence-corrected chi connectivity index (χ0v) is 22.9. The summed E-state index contributed by atoms with van der Waals surface area (Å²) in [5.41, 5.74) is 2.37. The molecule has 0 spiro atoms. The van der Waals surface area contributed by atoms with Crippen molar-refractivity contribution in [2.45, 2.75) is 18.7 Å². The predicted octanol–water partition coefficient (Wildman–Crippen LogP) is 2.21. The Balaban J connectivity index is 1.29. The van der Waals surface area contributed by atoms with Crippen LogP contribution in [0.15, 0.2) is 59.8 Å². The van der Waals surface area contributed by atoms with Crippen molar-refractivity contribution in [2.24, 2.45) is 0 Å². The predicted molar refractivity (Wildman–Crippen MR) is 146 cm³/mol. The van der Waals surface area contributed by atoms with Crippen molar-refractivity contribution in [1.29, 1.82) is 0 Å². The molecule has 0 bridgehead atoms. The number of ether oxygens (including phenoxy) is 1. The second-order valence-corrected chi connectivity index (χ2v) is 10.9. The minimum Gasteiger partial charge on any atom is -0.497 e. The molecular weight excluding hydrogens is 520 g/mol. The summed E-state index contributed by atoms with van der Waals surface area (Å²) in [4.78, 5) is 26.0. The molecule has 12 nitrogen and oxygen atoms in total. The van der Waals surface area contributed by atoms with Gasteiger partial charge in [-0.25, -0.2) is 18.4 Å². The lowest BCUT2D eigenvalue weighted by molar-refractivity contribution is 0.0746. The first kappa shape index (κ1) is 26.5. The monoisotopic (exact) mass is 550 g/mol. The first-order valence-corrected chi connectivity index (χ1v) is 14.2. The lowest BCUT2D eigenvalue weighted by Crippen LogP contribution is -2.49. The van der Waals surface area contributed by atoms with E-state index in [0.717, 1.165) is 5.69 Å². The van der Waals surface area contributed by atoms with Gasteiger partial charge in [-0.15, -0.1) is 5.10 Å². The smallest absolute Gasteiger partial charge is 0.253 e. The molecule has 0 radical (unpaired) electrons. The molecule has 3 heterocycles. The highest BCUT2D eigenvalue weighted by Crippen LogP contribution is 2.25. The van der Waals surface area contributed by atoms with Gasteiger partial charge in [-0.1, -0.05) is 25.1 Å². The molecule has 2 aromatic heterocycles. The summed E-state index contributed by atoms with van der Waals surface area (Å²) in [6.45, 7) is 6.44. The molecule has 0 unspecified atom stereocenters. The van der Waals surface area contributed by atoms with E-state index in [1.807, 2.05) is 24.3 Å². The Hall–Kier alpha value is -4.10. The van der Waals surface area contributed by atoms with Gasteiger partial charge in [0.05, 0.1) is 17.7 Å². The summed E-state index contributed by atoms with van der Waals surface area (Å²) in [6.07, 6.45) is 1.49. The molecule has 0 N–H and O–H groups in total. The number of rotatable bonds is 8. The van der Waals surface area contributed by atoms with Gasteiger partial charge in [0, 0.05) is 50.9 Å². The molecule has 4 aromatic rings. The second kappa shape index (κ2) is 10.9. The fourth-order valence-electron chi connectivity index (χ4n) is 4.67. The Morgan fingerprint density at radius 3 is 2.38 bits per heavy atom. The molecule has 1 aliphatic rings. The molecule has 1 amide bonds. The second-order valence-electron chi connectivity index (χ2n) is 8.97. The maximum atomic E-state index is 13.2. The van der Waals surface area contributed by atoms with E-state index in [1.54, 1.807) is 42.7 Å². The van der Waals surface area contributed by atoms with E-state index < -0.39 is 10.0 Å². The third-order valence-corrected chi connectivity index (χ3v) is 8.89. The van der Waals surface area contributed by atoms with Crippen molar-refractivity contribution in [3.8, 4) is 11.4 Å². The number of carbonyl (C=O) groups is 1. The van der Waals surface area contributed by atoms with E-state index in [2.05, 4.69) is 25.2 Å². The van der Waals surface area contributed by atoms with Crippen molar-refractivity contribution < 1.29 is 17.9 Å². The van der Waals surface area contributed by atoms with Crippen LogP contribution in [0.3, 0.4) is 0 Å². The summed E-state index contributed by atoms with van der Waals surface area (Å²) < 4.78 is 33.9. The molecule has 1 saturated heterocycles. The number of sulfonamides is 1. The Labute approximate surface area is 226 Å². The molecule has 2 aromatic carbocycles. The van der Waals surface area contributed by atoms with Crippen LogP contribution in [0, 0.1) is 0 Å². The third kappa shape index (κ3) is 5.02. The number of carbonyl (C=O) groups excluding carboxylic acids is 1. The number of piperazine rings is 1. The number of amides is 1. The molecule has 0 atom stereocenters. The Morgan fingerprint density at radius 1 is 1.00 bits per heavy atom. The van der Waals surface area contributed by atoms with Gasteiger partial charge in [0.1, 0.15) is 12.1 Å². The first-order valence-electron chi connectivity index (χ1n) is 12.7. The maximum Gasteiger partial charge on any atom is 0.253 e. The Morgan fingerprint density at radius 2 is 1.72 bits per heavy atom. The van der Waals surface area contributed by atoms with E-state index in [9.17, 15) is 13.2 Å². The van der Waals surface area contributed by atoms with E-state index in [4.69, 9.17) is 4.74 Å². The van der Waals surface area contributed by atoms with Crippen LogP contribution < -0.4 is 9.64 Å². The number of methoxy groups -OCH3 is 1. The van der Waals surface area contributed by atoms with E-state index in [1.165, 1.54) is 22.8 Å². The molecule has 0 saturated carbocycles. The van der Waals surface area contributed by atoms with Gasteiger partial charge in [0.2, 0.25) is 10.0 Å². The van der Waals surface area contributed by atoms with Gasteiger partial charge in [-0.05, 0) is 36.4 Å². The van der Waals surface area contributed by atoms with Gasteiger partial charge in [-0.3, -0.25) is 4.79 Å². The highest BCUT2D eigenvalue weighted by atomic mass is 32.2. The lowest BCUT2D eigenvalue weighted by atomic mass is 10.2. The lowest BCUT2D eigenvalue weighted by Gasteiger charge is -2.35. The van der Waals surface area contributed by atoms with Crippen molar-refractivity contribution >= 4 is 32.9 Å². The number of fused-ring (bicyclic) bond motifs is 1. The molecule has 39 heavy (non-hydrogen) atoms. The zero-order chi connectivity index (χ0) is 27.6. The number of aromatic nitrogens is 5. The summed E-state index contributed by atoms with van der Waals surface area (Å²) in [7, 11) is -1.97. The Kier molecular flexibility index (Phi) is 7.44. The molecule has 204 valence electrons. The third-order valence-electron chi connectivity index (χ3n) is 6.83. The summed E-state index contributed by atoms with van der Waals surface area (Å²) >= 11 is 0. The van der Waals surface area contributed by atoms with E-state index >= 15 is 0 Å². The van der Waals surface area contributed by atoms with Gasteiger partial charge < -0.3 is 14.5 Å². The summed E-state index contributed by atoms with van der Waals surface area (Å²) in [5.74, 6) is 1.22. The van der Waals surface area contributed by atoms with E-state index in [-0.39, 0.29) is 10.8 Å². The zero-order valence-electron chi connectivity index (χ0n) is 22.1. The number of hydrogen-bond acceptors (Lipinski definition) is 9.